The SMILES string of the molecule is CCCC(NC(=O)c1csc(CCNC(=O)OCC2c3ccccc3-c3ccccc32)n1)C(=O)O. The number of fused-ring (bicyclic) bond motifs is 3. The molecule has 2 aromatic carbocycles. The highest BCUT2D eigenvalue weighted by Gasteiger charge is 2.29. The van der Waals surface area contributed by atoms with Gasteiger partial charge in [-0.3, -0.25) is 4.79 Å². The second-order valence-electron chi connectivity index (χ2n) is 8.28. The number of benzene rings is 2. The number of thiazole rings is 1. The Bertz CT molecular complexity index is 1180. The average Bonchev–Trinajstić information content (AvgIpc) is 3.45. The fraction of sp³-hybridized carbons (Fsp3) is 0.308. The maximum atomic E-state index is 12.3. The fourth-order valence-corrected chi connectivity index (χ4v) is 5.01. The quantitative estimate of drug-likeness (QED) is 0.390. The molecule has 1 atom stereocenters. The van der Waals surface area contributed by atoms with Crippen LogP contribution in [0.4, 0.5) is 4.79 Å². The number of carboxylic acids is 1. The molecule has 1 aliphatic carbocycles. The summed E-state index contributed by atoms with van der Waals surface area (Å²) in [4.78, 5) is 40.1. The van der Waals surface area contributed by atoms with Crippen LogP contribution in [-0.2, 0) is 16.0 Å². The van der Waals surface area contributed by atoms with Gasteiger partial charge in [0.05, 0.1) is 5.01 Å². The van der Waals surface area contributed by atoms with Gasteiger partial charge >= 0.3 is 12.1 Å². The van der Waals surface area contributed by atoms with Crippen molar-refractivity contribution in [2.45, 2.75) is 38.1 Å². The molecule has 182 valence electrons. The molecule has 1 aliphatic rings. The Hall–Kier alpha value is -3.72. The molecule has 1 aromatic heterocycles. The van der Waals surface area contributed by atoms with E-state index >= 15 is 0 Å². The number of hydrogen-bond acceptors (Lipinski definition) is 6. The molecule has 0 saturated carbocycles. The average molecular weight is 494 g/mol. The van der Waals surface area contributed by atoms with Gasteiger partial charge in [0.1, 0.15) is 18.3 Å². The number of ether oxygens (including phenoxy) is 1. The summed E-state index contributed by atoms with van der Waals surface area (Å²) in [6, 6.07) is 15.4. The molecule has 8 nitrogen and oxygen atoms in total. The molecule has 9 heteroatoms. The fourth-order valence-electron chi connectivity index (χ4n) is 4.23. The molecule has 2 amide bonds. The van der Waals surface area contributed by atoms with Crippen molar-refractivity contribution in [3.8, 4) is 11.1 Å². The van der Waals surface area contributed by atoms with Crippen molar-refractivity contribution < 1.29 is 24.2 Å². The predicted octanol–water partition coefficient (Wildman–Crippen LogP) is 4.21. The Kier molecular flexibility index (Phi) is 7.77. The number of nitrogens with one attached hydrogen (secondary N) is 2. The zero-order valence-electron chi connectivity index (χ0n) is 19.3. The highest BCUT2D eigenvalue weighted by Crippen LogP contribution is 2.44. The van der Waals surface area contributed by atoms with Crippen molar-refractivity contribution in [2.75, 3.05) is 13.2 Å². The summed E-state index contributed by atoms with van der Waals surface area (Å²) in [7, 11) is 0. The van der Waals surface area contributed by atoms with Crippen LogP contribution in [0.15, 0.2) is 53.9 Å². The van der Waals surface area contributed by atoms with E-state index in [0.29, 0.717) is 30.8 Å². The first-order valence-corrected chi connectivity index (χ1v) is 12.4. The number of hydrogen-bond donors (Lipinski definition) is 3. The third-order valence-corrected chi connectivity index (χ3v) is 6.83. The Morgan fingerprint density at radius 1 is 1.09 bits per heavy atom. The number of carbonyl (C=O) groups is 3. The largest absolute Gasteiger partial charge is 0.480 e. The van der Waals surface area contributed by atoms with Gasteiger partial charge in [-0.15, -0.1) is 11.3 Å². The van der Waals surface area contributed by atoms with Crippen LogP contribution in [0.5, 0.6) is 0 Å². The standard InChI is InChI=1S/C26H27N3O5S/c1-2-7-21(25(31)32)29-24(30)22-15-35-23(28-22)12-13-27-26(33)34-14-20-18-10-5-3-8-16(18)17-9-4-6-11-19(17)20/h3-6,8-11,15,20-21H,2,7,12-14H2,1H3,(H,27,33)(H,29,30)(H,31,32). The first-order valence-electron chi connectivity index (χ1n) is 11.5. The Balaban J connectivity index is 1.25. The van der Waals surface area contributed by atoms with Gasteiger partial charge in [-0.2, -0.15) is 0 Å². The molecule has 3 aromatic rings. The van der Waals surface area contributed by atoms with Gasteiger partial charge in [0, 0.05) is 24.3 Å². The van der Waals surface area contributed by atoms with E-state index in [0.717, 1.165) is 11.1 Å². The number of carboxylic acid groups (broad SMARTS) is 1. The number of rotatable bonds is 10. The van der Waals surface area contributed by atoms with Gasteiger partial charge in [0.25, 0.3) is 5.91 Å². The van der Waals surface area contributed by atoms with Crippen LogP contribution < -0.4 is 10.6 Å². The number of nitrogens with zero attached hydrogens (tertiary/aromatic N) is 1. The highest BCUT2D eigenvalue weighted by atomic mass is 32.1. The second kappa shape index (κ2) is 11.1. The van der Waals surface area contributed by atoms with Crippen LogP contribution in [0.1, 0.15) is 52.3 Å². The minimum atomic E-state index is -1.07. The van der Waals surface area contributed by atoms with Crippen LogP contribution >= 0.6 is 11.3 Å². The zero-order chi connectivity index (χ0) is 24.8. The summed E-state index contributed by atoms with van der Waals surface area (Å²) in [5, 5.41) is 16.7. The minimum absolute atomic E-state index is 0.00415. The second-order valence-corrected chi connectivity index (χ2v) is 9.22. The molecule has 0 radical (unpaired) electrons. The van der Waals surface area contributed by atoms with Crippen LogP contribution in [0, 0.1) is 0 Å². The van der Waals surface area contributed by atoms with Crippen molar-refractivity contribution in [3.05, 3.63) is 75.7 Å². The predicted molar refractivity (Wildman–Crippen MR) is 133 cm³/mol. The molecule has 4 rings (SSSR count). The van der Waals surface area contributed by atoms with Crippen molar-refractivity contribution in [3.63, 3.8) is 0 Å². The van der Waals surface area contributed by atoms with Crippen molar-refractivity contribution in [1.82, 2.24) is 15.6 Å². The van der Waals surface area contributed by atoms with E-state index in [1.165, 1.54) is 22.5 Å². The van der Waals surface area contributed by atoms with E-state index in [9.17, 15) is 19.5 Å². The first kappa shape index (κ1) is 24.4. The van der Waals surface area contributed by atoms with E-state index < -0.39 is 24.0 Å². The lowest BCUT2D eigenvalue weighted by Crippen LogP contribution is -2.40. The maximum Gasteiger partial charge on any atom is 0.407 e. The molecule has 35 heavy (non-hydrogen) atoms. The number of aromatic nitrogens is 1. The summed E-state index contributed by atoms with van der Waals surface area (Å²) >= 11 is 1.29. The van der Waals surface area contributed by atoms with Crippen molar-refractivity contribution in [2.24, 2.45) is 0 Å². The third kappa shape index (κ3) is 5.68. The first-order chi connectivity index (χ1) is 17.0. The molecule has 1 heterocycles. The smallest absolute Gasteiger partial charge is 0.407 e. The summed E-state index contributed by atoms with van der Waals surface area (Å²) in [6.45, 7) is 2.40. The molecule has 3 N–H and O–H groups in total. The van der Waals surface area contributed by atoms with Gasteiger partial charge in [-0.1, -0.05) is 61.9 Å². The van der Waals surface area contributed by atoms with E-state index in [1.54, 1.807) is 5.38 Å². The summed E-state index contributed by atoms with van der Waals surface area (Å²) in [5.41, 5.74) is 4.82. The monoisotopic (exact) mass is 493 g/mol. The van der Waals surface area contributed by atoms with E-state index in [-0.39, 0.29) is 18.2 Å². The van der Waals surface area contributed by atoms with Crippen LogP contribution in [0.3, 0.4) is 0 Å². The van der Waals surface area contributed by atoms with E-state index in [4.69, 9.17) is 4.74 Å². The Morgan fingerprint density at radius 3 is 2.37 bits per heavy atom. The Morgan fingerprint density at radius 2 is 1.74 bits per heavy atom. The van der Waals surface area contributed by atoms with Crippen LogP contribution in [0.2, 0.25) is 0 Å². The lowest BCUT2D eigenvalue weighted by Gasteiger charge is -2.14. The number of carbonyl (C=O) groups excluding carboxylic acids is 2. The lowest BCUT2D eigenvalue weighted by atomic mass is 9.98. The summed E-state index contributed by atoms with van der Waals surface area (Å²) < 4.78 is 5.52. The molecule has 0 saturated heterocycles. The van der Waals surface area contributed by atoms with Gasteiger partial charge < -0.3 is 20.5 Å². The molecule has 0 spiro atoms. The molecule has 0 aliphatic heterocycles. The Labute approximate surface area is 207 Å². The number of amides is 2. The number of aliphatic carboxylic acids is 1. The van der Waals surface area contributed by atoms with Gasteiger partial charge in [-0.05, 0) is 28.7 Å². The normalized spacial score (nSPS) is 12.9. The molecule has 1 unspecified atom stereocenters. The molecule has 0 bridgehead atoms. The molecular weight excluding hydrogens is 466 g/mol. The number of alkyl carbamates (subject to hydrolysis) is 1. The third-order valence-electron chi connectivity index (χ3n) is 5.92. The molecule has 0 fully saturated rings. The van der Waals surface area contributed by atoms with E-state index in [1.807, 2.05) is 31.2 Å². The highest BCUT2D eigenvalue weighted by molar-refractivity contribution is 7.09. The van der Waals surface area contributed by atoms with Crippen molar-refractivity contribution >= 4 is 29.3 Å². The van der Waals surface area contributed by atoms with Gasteiger partial charge in [0.15, 0.2) is 0 Å². The zero-order valence-corrected chi connectivity index (χ0v) is 20.1. The van der Waals surface area contributed by atoms with Crippen molar-refractivity contribution in [1.29, 1.82) is 0 Å². The minimum Gasteiger partial charge on any atom is -0.480 e. The van der Waals surface area contributed by atoms with Crippen LogP contribution in [-0.4, -0.2) is 47.3 Å². The van der Waals surface area contributed by atoms with Crippen LogP contribution in [0.25, 0.3) is 11.1 Å². The van der Waals surface area contributed by atoms with E-state index in [2.05, 4.69) is 39.9 Å². The summed E-state index contributed by atoms with van der Waals surface area (Å²) in [5.74, 6) is -1.59. The lowest BCUT2D eigenvalue weighted by molar-refractivity contribution is -0.139. The maximum absolute atomic E-state index is 12.3. The summed E-state index contributed by atoms with van der Waals surface area (Å²) in [6.07, 6.45) is 0.910. The topological polar surface area (TPSA) is 118 Å². The van der Waals surface area contributed by atoms with Gasteiger partial charge in [0.2, 0.25) is 0 Å². The van der Waals surface area contributed by atoms with Gasteiger partial charge in [-0.25, -0.2) is 14.6 Å². The molecular formula is C26H27N3O5S.